The topological polar surface area (TPSA) is 86.7 Å². The monoisotopic (exact) mass is 434 g/mol. The predicted molar refractivity (Wildman–Crippen MR) is 105 cm³/mol. The molecule has 0 saturated carbocycles. The molecule has 2 amide bonds. The van der Waals surface area contributed by atoms with Gasteiger partial charge >= 0.3 is 12.1 Å². The third kappa shape index (κ3) is 5.84. The van der Waals surface area contributed by atoms with E-state index in [0.717, 1.165) is 12.1 Å². The zero-order valence-electron chi connectivity index (χ0n) is 16.5. The fourth-order valence-corrected chi connectivity index (χ4v) is 3.48. The standard InChI is InChI=1S/C22H21F3N2O4/c23-22(24,25)17-4-1-3-16(12-17)18(13-27-10-2-5-20(27)29)26-19(28)11-14-6-8-15(9-7-14)21(30)31/h1,3-4,6-9,12,18H,2,5,10-11,13H2,(H,26,28)(H,30,31). The fraction of sp³-hybridized carbons (Fsp3) is 0.318. The van der Waals surface area contributed by atoms with Crippen molar-refractivity contribution in [2.45, 2.75) is 31.5 Å². The minimum atomic E-state index is -4.53. The minimum absolute atomic E-state index is 0.0732. The van der Waals surface area contributed by atoms with Gasteiger partial charge in [-0.05, 0) is 41.8 Å². The third-order valence-corrected chi connectivity index (χ3v) is 5.09. The largest absolute Gasteiger partial charge is 0.478 e. The van der Waals surface area contributed by atoms with Crippen molar-refractivity contribution in [2.75, 3.05) is 13.1 Å². The van der Waals surface area contributed by atoms with Gasteiger partial charge in [0, 0.05) is 19.5 Å². The number of halogens is 3. The van der Waals surface area contributed by atoms with Crippen LogP contribution in [0.3, 0.4) is 0 Å². The van der Waals surface area contributed by atoms with Crippen molar-refractivity contribution in [1.82, 2.24) is 10.2 Å². The van der Waals surface area contributed by atoms with E-state index < -0.39 is 29.7 Å². The van der Waals surface area contributed by atoms with Crippen LogP contribution in [0.25, 0.3) is 0 Å². The molecule has 3 rings (SSSR count). The molecule has 0 spiro atoms. The van der Waals surface area contributed by atoms with Gasteiger partial charge in [0.2, 0.25) is 11.8 Å². The molecule has 1 aliphatic rings. The molecule has 0 aliphatic carbocycles. The van der Waals surface area contributed by atoms with Gasteiger partial charge in [-0.3, -0.25) is 9.59 Å². The second-order valence-corrected chi connectivity index (χ2v) is 7.37. The maximum atomic E-state index is 13.1. The van der Waals surface area contributed by atoms with Crippen LogP contribution < -0.4 is 5.32 Å². The lowest BCUT2D eigenvalue weighted by Gasteiger charge is -2.26. The number of carbonyl (C=O) groups is 3. The van der Waals surface area contributed by atoms with Crippen molar-refractivity contribution >= 4 is 17.8 Å². The van der Waals surface area contributed by atoms with Crippen LogP contribution in [0, 0.1) is 0 Å². The third-order valence-electron chi connectivity index (χ3n) is 5.09. The first-order chi connectivity index (χ1) is 14.6. The van der Waals surface area contributed by atoms with E-state index in [9.17, 15) is 27.6 Å². The second kappa shape index (κ2) is 9.20. The summed E-state index contributed by atoms with van der Waals surface area (Å²) in [6.45, 7) is 0.560. The van der Waals surface area contributed by atoms with E-state index in [1.807, 2.05) is 0 Å². The van der Waals surface area contributed by atoms with E-state index in [1.54, 1.807) is 0 Å². The molecule has 1 unspecified atom stereocenters. The number of hydrogen-bond donors (Lipinski definition) is 2. The van der Waals surface area contributed by atoms with E-state index >= 15 is 0 Å². The van der Waals surface area contributed by atoms with Gasteiger partial charge in [0.15, 0.2) is 0 Å². The van der Waals surface area contributed by atoms with Crippen LogP contribution in [-0.4, -0.2) is 40.9 Å². The molecule has 31 heavy (non-hydrogen) atoms. The molecular weight excluding hydrogens is 413 g/mol. The van der Waals surface area contributed by atoms with Crippen molar-refractivity contribution in [3.63, 3.8) is 0 Å². The number of carbonyl (C=O) groups excluding carboxylic acids is 2. The summed E-state index contributed by atoms with van der Waals surface area (Å²) in [4.78, 5) is 37.1. The Morgan fingerprint density at radius 3 is 2.42 bits per heavy atom. The van der Waals surface area contributed by atoms with Crippen molar-refractivity contribution < 1.29 is 32.7 Å². The zero-order valence-corrected chi connectivity index (χ0v) is 16.5. The van der Waals surface area contributed by atoms with Gasteiger partial charge < -0.3 is 15.3 Å². The van der Waals surface area contributed by atoms with Gasteiger partial charge in [0.05, 0.1) is 23.6 Å². The van der Waals surface area contributed by atoms with E-state index in [0.29, 0.717) is 24.9 Å². The molecule has 1 heterocycles. The van der Waals surface area contributed by atoms with Crippen LogP contribution in [-0.2, 0) is 22.2 Å². The highest BCUT2D eigenvalue weighted by molar-refractivity contribution is 5.87. The van der Waals surface area contributed by atoms with Crippen molar-refractivity contribution in [3.05, 3.63) is 70.8 Å². The van der Waals surface area contributed by atoms with Crippen molar-refractivity contribution in [3.8, 4) is 0 Å². The van der Waals surface area contributed by atoms with Gasteiger partial charge in [0.25, 0.3) is 0 Å². The molecule has 2 aromatic rings. The minimum Gasteiger partial charge on any atom is -0.478 e. The molecule has 2 aromatic carbocycles. The molecule has 6 nitrogen and oxygen atoms in total. The van der Waals surface area contributed by atoms with E-state index in [4.69, 9.17) is 5.11 Å². The Hall–Kier alpha value is -3.36. The number of benzene rings is 2. The Labute approximate surface area is 176 Å². The molecule has 0 radical (unpaired) electrons. The molecule has 1 fully saturated rings. The number of rotatable bonds is 7. The number of nitrogens with zero attached hydrogens (tertiary/aromatic N) is 1. The van der Waals surface area contributed by atoms with Gasteiger partial charge in [-0.2, -0.15) is 13.2 Å². The van der Waals surface area contributed by atoms with Gasteiger partial charge in [0.1, 0.15) is 0 Å². The van der Waals surface area contributed by atoms with Crippen molar-refractivity contribution in [2.24, 2.45) is 0 Å². The highest BCUT2D eigenvalue weighted by Gasteiger charge is 2.32. The van der Waals surface area contributed by atoms with Gasteiger partial charge in [-0.1, -0.05) is 24.3 Å². The van der Waals surface area contributed by atoms with Gasteiger partial charge in [-0.25, -0.2) is 4.79 Å². The average molecular weight is 434 g/mol. The first-order valence-electron chi connectivity index (χ1n) is 9.70. The SMILES string of the molecule is O=C(Cc1ccc(C(=O)O)cc1)NC(CN1CCCC1=O)c1cccc(C(F)(F)F)c1. The molecule has 0 bridgehead atoms. The number of alkyl halides is 3. The quantitative estimate of drug-likeness (QED) is 0.699. The lowest BCUT2D eigenvalue weighted by atomic mass is 10.0. The maximum Gasteiger partial charge on any atom is 0.416 e. The summed E-state index contributed by atoms with van der Waals surface area (Å²) in [5.74, 6) is -1.64. The number of nitrogens with one attached hydrogen (secondary N) is 1. The van der Waals surface area contributed by atoms with Crippen LogP contribution in [0.15, 0.2) is 48.5 Å². The van der Waals surface area contributed by atoms with Crippen molar-refractivity contribution in [1.29, 1.82) is 0 Å². The van der Waals surface area contributed by atoms with E-state index in [1.165, 1.54) is 41.3 Å². The number of amides is 2. The van der Waals surface area contributed by atoms with Gasteiger partial charge in [-0.15, -0.1) is 0 Å². The Balaban J connectivity index is 1.78. The summed E-state index contributed by atoms with van der Waals surface area (Å²) in [5.41, 5.74) is 0.0615. The summed E-state index contributed by atoms with van der Waals surface area (Å²) in [6, 6.07) is 9.64. The van der Waals surface area contributed by atoms with Crippen LogP contribution in [0.2, 0.25) is 0 Å². The molecular formula is C22H21F3N2O4. The van der Waals surface area contributed by atoms with Crippen LogP contribution >= 0.6 is 0 Å². The second-order valence-electron chi connectivity index (χ2n) is 7.37. The fourth-order valence-electron chi connectivity index (χ4n) is 3.48. The zero-order chi connectivity index (χ0) is 22.6. The number of carboxylic acids is 1. The smallest absolute Gasteiger partial charge is 0.416 e. The van der Waals surface area contributed by atoms with Crippen LogP contribution in [0.5, 0.6) is 0 Å². The number of hydrogen-bond acceptors (Lipinski definition) is 3. The number of carboxylic acid groups (broad SMARTS) is 1. The molecule has 1 saturated heterocycles. The lowest BCUT2D eigenvalue weighted by molar-refractivity contribution is -0.137. The Morgan fingerprint density at radius 1 is 1.13 bits per heavy atom. The average Bonchev–Trinajstić information content (AvgIpc) is 3.12. The molecule has 1 aliphatic heterocycles. The predicted octanol–water partition coefficient (Wildman–Crippen LogP) is 3.43. The maximum absolute atomic E-state index is 13.1. The summed E-state index contributed by atoms with van der Waals surface area (Å²) >= 11 is 0. The first-order valence-corrected chi connectivity index (χ1v) is 9.70. The lowest BCUT2D eigenvalue weighted by Crippen LogP contribution is -2.39. The molecule has 9 heteroatoms. The molecule has 1 atom stereocenters. The van der Waals surface area contributed by atoms with E-state index in [2.05, 4.69) is 5.32 Å². The summed E-state index contributed by atoms with van der Waals surface area (Å²) in [6.07, 6.45) is -3.57. The Morgan fingerprint density at radius 2 is 1.84 bits per heavy atom. The Bertz CT molecular complexity index is 973. The first kappa shape index (κ1) is 22.3. The highest BCUT2D eigenvalue weighted by atomic mass is 19.4. The molecule has 0 aromatic heterocycles. The number of aromatic carboxylic acids is 1. The summed E-state index contributed by atoms with van der Waals surface area (Å²) in [7, 11) is 0. The van der Waals surface area contributed by atoms with E-state index in [-0.39, 0.29) is 30.0 Å². The van der Waals surface area contributed by atoms with Crippen LogP contribution in [0.1, 0.15) is 45.9 Å². The van der Waals surface area contributed by atoms with Crippen LogP contribution in [0.4, 0.5) is 13.2 Å². The summed E-state index contributed by atoms with van der Waals surface area (Å²) < 4.78 is 39.4. The Kier molecular flexibility index (Phi) is 6.62. The molecule has 2 N–H and O–H groups in total. The normalized spacial score (nSPS) is 15.1. The highest BCUT2D eigenvalue weighted by Crippen LogP contribution is 2.31. The summed E-state index contributed by atoms with van der Waals surface area (Å²) in [5, 5.41) is 11.7. The molecule has 164 valence electrons. The number of likely N-dealkylation sites (tertiary alicyclic amines) is 1.